The molecule has 0 bridgehead atoms. The minimum absolute atomic E-state index is 0.0204. The molecule has 1 aliphatic carbocycles. The monoisotopic (exact) mass is 216 g/mol. The zero-order valence-corrected chi connectivity index (χ0v) is 9.66. The smallest absolute Gasteiger partial charge is 0.309 e. The summed E-state index contributed by atoms with van der Waals surface area (Å²) in [6.07, 6.45) is 1.55. The Morgan fingerprint density at radius 3 is 2.47 bits per heavy atom. The van der Waals surface area contributed by atoms with E-state index >= 15 is 0 Å². The number of aliphatic hydroxyl groups excluding tert-OH is 1. The van der Waals surface area contributed by atoms with Gasteiger partial charge in [-0.25, -0.2) is 0 Å². The molecule has 0 unspecified atom stereocenters. The van der Waals surface area contributed by atoms with Gasteiger partial charge in [0.25, 0.3) is 0 Å². The van der Waals surface area contributed by atoms with Gasteiger partial charge < -0.3 is 14.6 Å². The first kappa shape index (κ1) is 12.5. The van der Waals surface area contributed by atoms with Gasteiger partial charge in [0.15, 0.2) is 0 Å². The van der Waals surface area contributed by atoms with E-state index in [9.17, 15) is 4.79 Å². The van der Waals surface area contributed by atoms with Crippen molar-refractivity contribution < 1.29 is 19.4 Å². The predicted octanol–water partition coefficient (Wildman–Crippen LogP) is 1.12. The highest BCUT2D eigenvalue weighted by atomic mass is 16.6. The van der Waals surface area contributed by atoms with E-state index in [4.69, 9.17) is 14.6 Å². The van der Waals surface area contributed by atoms with Crippen molar-refractivity contribution in [3.63, 3.8) is 0 Å². The molecule has 0 spiro atoms. The highest BCUT2D eigenvalue weighted by Crippen LogP contribution is 2.32. The highest BCUT2D eigenvalue weighted by Gasteiger charge is 2.37. The fourth-order valence-corrected chi connectivity index (χ4v) is 1.50. The largest absolute Gasteiger partial charge is 0.460 e. The van der Waals surface area contributed by atoms with E-state index in [2.05, 4.69) is 0 Å². The Balaban J connectivity index is 2.18. The van der Waals surface area contributed by atoms with E-state index in [1.54, 1.807) is 0 Å². The second-order valence-electron chi connectivity index (χ2n) is 4.92. The van der Waals surface area contributed by atoms with Gasteiger partial charge in [0.2, 0.25) is 0 Å². The number of carbonyl (C=O) groups is 1. The SMILES string of the molecule is CC(C)(C)OC(=O)C1CC(OCCO)C1. The van der Waals surface area contributed by atoms with Crippen LogP contribution in [0.5, 0.6) is 0 Å². The van der Waals surface area contributed by atoms with Gasteiger partial charge >= 0.3 is 5.97 Å². The summed E-state index contributed by atoms with van der Waals surface area (Å²) in [6, 6.07) is 0. The molecule has 1 rings (SSSR count). The normalized spacial score (nSPS) is 25.9. The Kier molecular flexibility index (Phi) is 4.11. The third-order valence-electron chi connectivity index (χ3n) is 2.28. The van der Waals surface area contributed by atoms with Gasteiger partial charge in [0.1, 0.15) is 5.60 Å². The van der Waals surface area contributed by atoms with Gasteiger partial charge in [-0.2, -0.15) is 0 Å². The molecule has 4 nitrogen and oxygen atoms in total. The maximum absolute atomic E-state index is 11.5. The van der Waals surface area contributed by atoms with Crippen molar-refractivity contribution in [2.24, 2.45) is 5.92 Å². The van der Waals surface area contributed by atoms with Crippen molar-refractivity contribution in [3.05, 3.63) is 0 Å². The summed E-state index contributed by atoms with van der Waals surface area (Å²) in [5.41, 5.74) is -0.409. The third-order valence-corrected chi connectivity index (χ3v) is 2.28. The van der Waals surface area contributed by atoms with E-state index in [0.29, 0.717) is 6.61 Å². The van der Waals surface area contributed by atoms with Crippen LogP contribution < -0.4 is 0 Å². The highest BCUT2D eigenvalue weighted by molar-refractivity contribution is 5.74. The van der Waals surface area contributed by atoms with E-state index in [0.717, 1.165) is 12.8 Å². The fourth-order valence-electron chi connectivity index (χ4n) is 1.50. The topological polar surface area (TPSA) is 55.8 Å². The predicted molar refractivity (Wildman–Crippen MR) is 55.4 cm³/mol. The molecule has 0 aromatic carbocycles. The van der Waals surface area contributed by atoms with Crippen molar-refractivity contribution >= 4 is 5.97 Å². The lowest BCUT2D eigenvalue weighted by Gasteiger charge is -2.35. The summed E-state index contributed by atoms with van der Waals surface area (Å²) in [7, 11) is 0. The maximum atomic E-state index is 11.5. The molecule has 0 aromatic heterocycles. The molecule has 0 amide bonds. The summed E-state index contributed by atoms with van der Waals surface area (Å²) in [4.78, 5) is 11.5. The van der Waals surface area contributed by atoms with Gasteiger partial charge in [-0.05, 0) is 33.6 Å². The minimum Gasteiger partial charge on any atom is -0.460 e. The van der Waals surface area contributed by atoms with Crippen LogP contribution in [-0.4, -0.2) is 36.0 Å². The fraction of sp³-hybridized carbons (Fsp3) is 0.909. The molecule has 1 saturated carbocycles. The van der Waals surface area contributed by atoms with Crippen LogP contribution in [0.2, 0.25) is 0 Å². The molecule has 0 heterocycles. The van der Waals surface area contributed by atoms with Gasteiger partial charge in [0.05, 0.1) is 25.2 Å². The van der Waals surface area contributed by atoms with Crippen molar-refractivity contribution in [3.8, 4) is 0 Å². The number of rotatable bonds is 4. The first-order valence-corrected chi connectivity index (χ1v) is 5.37. The lowest BCUT2D eigenvalue weighted by Crippen LogP contribution is -2.40. The number of hydrogen-bond donors (Lipinski definition) is 1. The van der Waals surface area contributed by atoms with E-state index in [1.165, 1.54) is 0 Å². The number of ether oxygens (including phenoxy) is 2. The summed E-state index contributed by atoms with van der Waals surface area (Å²) in [6.45, 7) is 5.98. The van der Waals surface area contributed by atoms with Crippen LogP contribution >= 0.6 is 0 Å². The van der Waals surface area contributed by atoms with Gasteiger partial charge in [-0.15, -0.1) is 0 Å². The first-order valence-electron chi connectivity index (χ1n) is 5.37. The lowest BCUT2D eigenvalue weighted by molar-refractivity contribution is -0.169. The molecule has 15 heavy (non-hydrogen) atoms. The summed E-state index contributed by atoms with van der Waals surface area (Å²) >= 11 is 0. The molecular weight excluding hydrogens is 196 g/mol. The number of esters is 1. The van der Waals surface area contributed by atoms with Crippen molar-refractivity contribution in [2.75, 3.05) is 13.2 Å². The quantitative estimate of drug-likeness (QED) is 0.715. The molecule has 88 valence electrons. The molecule has 1 N–H and O–H groups in total. The maximum Gasteiger partial charge on any atom is 0.309 e. The molecule has 0 aromatic rings. The second-order valence-corrected chi connectivity index (χ2v) is 4.92. The molecule has 0 atom stereocenters. The van der Waals surface area contributed by atoms with Gasteiger partial charge in [-0.3, -0.25) is 4.79 Å². The Bertz CT molecular complexity index is 213. The Morgan fingerprint density at radius 1 is 1.40 bits per heavy atom. The van der Waals surface area contributed by atoms with Crippen molar-refractivity contribution in [1.82, 2.24) is 0 Å². The number of aliphatic hydroxyl groups is 1. The zero-order valence-electron chi connectivity index (χ0n) is 9.66. The molecule has 4 heteroatoms. The second kappa shape index (κ2) is 4.94. The molecule has 0 aliphatic heterocycles. The third kappa shape index (κ3) is 4.18. The average molecular weight is 216 g/mol. The Labute approximate surface area is 90.6 Å². The van der Waals surface area contributed by atoms with Crippen LogP contribution in [0.15, 0.2) is 0 Å². The van der Waals surface area contributed by atoms with Crippen LogP contribution in [0.4, 0.5) is 0 Å². The average Bonchev–Trinajstić information content (AvgIpc) is 1.98. The van der Waals surface area contributed by atoms with E-state index in [-0.39, 0.29) is 24.6 Å². The summed E-state index contributed by atoms with van der Waals surface area (Å²) < 4.78 is 10.5. The Hall–Kier alpha value is -0.610. The van der Waals surface area contributed by atoms with Crippen LogP contribution in [0, 0.1) is 5.92 Å². The zero-order chi connectivity index (χ0) is 11.5. The number of carbonyl (C=O) groups excluding carboxylic acids is 1. The van der Waals surface area contributed by atoms with Crippen LogP contribution in [0.3, 0.4) is 0 Å². The summed E-state index contributed by atoms with van der Waals surface area (Å²) in [5, 5.41) is 8.55. The molecular formula is C11H20O4. The Morgan fingerprint density at radius 2 is 2.00 bits per heavy atom. The van der Waals surface area contributed by atoms with Crippen molar-refractivity contribution in [1.29, 1.82) is 0 Å². The lowest BCUT2D eigenvalue weighted by atomic mass is 9.82. The van der Waals surface area contributed by atoms with E-state index < -0.39 is 5.60 Å². The first-order chi connectivity index (χ1) is 6.92. The standard InChI is InChI=1S/C11H20O4/c1-11(2,3)15-10(13)8-6-9(7-8)14-5-4-12/h8-9,12H,4-7H2,1-3H3. The minimum atomic E-state index is -0.409. The number of hydrogen-bond acceptors (Lipinski definition) is 4. The molecule has 0 saturated heterocycles. The molecule has 1 aliphatic rings. The molecule has 1 fully saturated rings. The van der Waals surface area contributed by atoms with Crippen LogP contribution in [0.1, 0.15) is 33.6 Å². The van der Waals surface area contributed by atoms with Crippen LogP contribution in [0.25, 0.3) is 0 Å². The van der Waals surface area contributed by atoms with Gasteiger partial charge in [0, 0.05) is 0 Å². The molecule has 0 radical (unpaired) electrons. The van der Waals surface area contributed by atoms with Crippen molar-refractivity contribution in [2.45, 2.75) is 45.3 Å². The van der Waals surface area contributed by atoms with Gasteiger partial charge in [-0.1, -0.05) is 0 Å². The van der Waals surface area contributed by atoms with Crippen LogP contribution in [-0.2, 0) is 14.3 Å². The van der Waals surface area contributed by atoms with E-state index in [1.807, 2.05) is 20.8 Å². The summed E-state index contributed by atoms with van der Waals surface area (Å²) in [5.74, 6) is -0.153.